The van der Waals surface area contributed by atoms with Crippen LogP contribution in [0.3, 0.4) is 0 Å². The molecule has 0 atom stereocenters. The maximum absolute atomic E-state index is 13.1. The second kappa shape index (κ2) is 9.40. The normalized spacial score (nSPS) is 14.3. The van der Waals surface area contributed by atoms with Crippen molar-refractivity contribution in [3.63, 3.8) is 0 Å². The highest BCUT2D eigenvalue weighted by Gasteiger charge is 2.42. The summed E-state index contributed by atoms with van der Waals surface area (Å²) in [6, 6.07) is 7.52. The van der Waals surface area contributed by atoms with Gasteiger partial charge in [0.25, 0.3) is 0 Å². The zero-order valence-electron chi connectivity index (χ0n) is 18.4. The third kappa shape index (κ3) is 4.45. The van der Waals surface area contributed by atoms with Crippen LogP contribution in [0.4, 0.5) is 0 Å². The Labute approximate surface area is 190 Å². The Hall–Kier alpha value is -3.39. The van der Waals surface area contributed by atoms with E-state index in [4.69, 9.17) is 25.8 Å². The Bertz CT molecular complexity index is 1150. The third-order valence-electron chi connectivity index (χ3n) is 5.18. The maximum Gasteiger partial charge on any atom is 0.336 e. The van der Waals surface area contributed by atoms with E-state index in [1.54, 1.807) is 19.9 Å². The van der Waals surface area contributed by atoms with Gasteiger partial charge in [0, 0.05) is 22.3 Å². The van der Waals surface area contributed by atoms with Crippen LogP contribution < -0.4 is 5.32 Å². The second-order valence-electron chi connectivity index (χ2n) is 7.36. The standard InChI is InChI=1S/C23H23ClN2O6/c1-11-6-7-14-9-15(20(24)26-16(14)8-11)10-32-23(29)19-17(21(27)30-4)12(2)25-13(3)18(19)22(28)31-5/h6-9,19,25H,10H2,1-5H3. The number of fused-ring (bicyclic) bond motifs is 1. The predicted octanol–water partition coefficient (Wildman–Crippen LogP) is 3.35. The van der Waals surface area contributed by atoms with Crippen LogP contribution in [-0.4, -0.2) is 37.1 Å². The number of allylic oxidation sites excluding steroid dienone is 2. The summed E-state index contributed by atoms with van der Waals surface area (Å²) in [6.45, 7) is 4.97. The molecule has 1 aliphatic rings. The summed E-state index contributed by atoms with van der Waals surface area (Å²) in [5, 5.41) is 3.95. The number of rotatable bonds is 5. The molecule has 0 radical (unpaired) electrons. The molecule has 0 amide bonds. The number of nitrogens with zero attached hydrogens (tertiary/aromatic N) is 1. The molecule has 0 unspecified atom stereocenters. The Morgan fingerprint density at radius 2 is 1.59 bits per heavy atom. The highest BCUT2D eigenvalue weighted by Crippen LogP contribution is 2.33. The van der Waals surface area contributed by atoms with Gasteiger partial charge in [-0.1, -0.05) is 23.7 Å². The van der Waals surface area contributed by atoms with Crippen LogP contribution >= 0.6 is 11.6 Å². The van der Waals surface area contributed by atoms with Gasteiger partial charge in [-0.3, -0.25) is 4.79 Å². The fourth-order valence-electron chi connectivity index (χ4n) is 3.62. The number of methoxy groups -OCH3 is 2. The van der Waals surface area contributed by atoms with Gasteiger partial charge in [0.05, 0.1) is 30.9 Å². The molecule has 1 aromatic heterocycles. The molecule has 0 bridgehead atoms. The summed E-state index contributed by atoms with van der Waals surface area (Å²) >= 11 is 6.29. The molecular weight excluding hydrogens is 436 g/mol. The summed E-state index contributed by atoms with van der Waals surface area (Å²) in [4.78, 5) is 42.4. The van der Waals surface area contributed by atoms with Crippen molar-refractivity contribution in [2.24, 2.45) is 5.92 Å². The monoisotopic (exact) mass is 458 g/mol. The number of ether oxygens (including phenoxy) is 3. The van der Waals surface area contributed by atoms with Crippen molar-refractivity contribution in [1.82, 2.24) is 10.3 Å². The van der Waals surface area contributed by atoms with E-state index in [9.17, 15) is 14.4 Å². The summed E-state index contributed by atoms with van der Waals surface area (Å²) in [6.07, 6.45) is 0. The van der Waals surface area contributed by atoms with Crippen LogP contribution in [0.25, 0.3) is 10.9 Å². The molecule has 1 aromatic carbocycles. The van der Waals surface area contributed by atoms with Gasteiger partial charge in [-0.25, -0.2) is 14.6 Å². The van der Waals surface area contributed by atoms with Gasteiger partial charge in [-0.2, -0.15) is 0 Å². The van der Waals surface area contributed by atoms with Crippen LogP contribution in [0.15, 0.2) is 46.8 Å². The van der Waals surface area contributed by atoms with Gasteiger partial charge >= 0.3 is 17.9 Å². The molecule has 0 saturated heterocycles. The number of esters is 3. The first-order valence-corrected chi connectivity index (χ1v) is 10.1. The summed E-state index contributed by atoms with van der Waals surface area (Å²) < 4.78 is 15.1. The largest absolute Gasteiger partial charge is 0.466 e. The minimum absolute atomic E-state index is 0.0262. The van der Waals surface area contributed by atoms with Crippen molar-refractivity contribution in [3.8, 4) is 0 Å². The number of hydrogen-bond acceptors (Lipinski definition) is 8. The second-order valence-corrected chi connectivity index (χ2v) is 7.72. The van der Waals surface area contributed by atoms with E-state index in [1.165, 1.54) is 14.2 Å². The Balaban J connectivity index is 1.94. The zero-order valence-corrected chi connectivity index (χ0v) is 19.1. The number of aromatic nitrogens is 1. The molecule has 0 spiro atoms. The maximum atomic E-state index is 13.1. The molecule has 8 nitrogen and oxygen atoms in total. The first-order chi connectivity index (χ1) is 15.2. The molecule has 3 rings (SSSR count). The lowest BCUT2D eigenvalue weighted by atomic mass is 9.85. The van der Waals surface area contributed by atoms with Crippen molar-refractivity contribution in [3.05, 3.63) is 63.1 Å². The Morgan fingerprint density at radius 3 is 2.16 bits per heavy atom. The number of dihydropyridines is 1. The van der Waals surface area contributed by atoms with E-state index in [0.717, 1.165) is 16.5 Å². The van der Waals surface area contributed by atoms with E-state index in [2.05, 4.69) is 10.3 Å². The lowest BCUT2D eigenvalue weighted by Crippen LogP contribution is -2.37. The number of benzene rings is 1. The topological polar surface area (TPSA) is 104 Å². The quantitative estimate of drug-likeness (QED) is 0.413. The average molecular weight is 459 g/mol. The van der Waals surface area contributed by atoms with Crippen molar-refractivity contribution in [1.29, 1.82) is 0 Å². The third-order valence-corrected chi connectivity index (χ3v) is 5.50. The van der Waals surface area contributed by atoms with Crippen LogP contribution in [0.5, 0.6) is 0 Å². The lowest BCUT2D eigenvalue weighted by Gasteiger charge is -2.28. The van der Waals surface area contributed by atoms with Gasteiger partial charge in [-0.15, -0.1) is 0 Å². The van der Waals surface area contributed by atoms with Crippen molar-refractivity contribution < 1.29 is 28.6 Å². The average Bonchev–Trinajstić information content (AvgIpc) is 2.75. The fraction of sp³-hybridized carbons (Fsp3) is 0.304. The number of hydrogen-bond donors (Lipinski definition) is 1. The predicted molar refractivity (Wildman–Crippen MR) is 117 cm³/mol. The first kappa shape index (κ1) is 23.3. The molecule has 32 heavy (non-hydrogen) atoms. The number of carbonyl (C=O) groups excluding carboxylic acids is 3. The van der Waals surface area contributed by atoms with Crippen molar-refractivity contribution in [2.75, 3.05) is 14.2 Å². The van der Waals surface area contributed by atoms with E-state index >= 15 is 0 Å². The molecular formula is C23H23ClN2O6. The fourth-order valence-corrected chi connectivity index (χ4v) is 3.82. The van der Waals surface area contributed by atoms with Gasteiger partial charge < -0.3 is 19.5 Å². The van der Waals surface area contributed by atoms with Crippen LogP contribution in [0, 0.1) is 12.8 Å². The van der Waals surface area contributed by atoms with E-state index in [0.29, 0.717) is 17.0 Å². The number of carbonyl (C=O) groups is 3. The zero-order chi connectivity index (χ0) is 23.6. The summed E-state index contributed by atoms with van der Waals surface area (Å²) in [5.41, 5.74) is 2.96. The highest BCUT2D eigenvalue weighted by molar-refractivity contribution is 6.30. The smallest absolute Gasteiger partial charge is 0.336 e. The van der Waals surface area contributed by atoms with E-state index < -0.39 is 23.8 Å². The highest BCUT2D eigenvalue weighted by atomic mass is 35.5. The van der Waals surface area contributed by atoms with E-state index in [-0.39, 0.29) is 22.9 Å². The number of pyridine rings is 1. The van der Waals surface area contributed by atoms with Gasteiger partial charge in [-0.05, 0) is 38.5 Å². The van der Waals surface area contributed by atoms with Crippen molar-refractivity contribution in [2.45, 2.75) is 27.4 Å². The van der Waals surface area contributed by atoms with E-state index in [1.807, 2.05) is 25.1 Å². The molecule has 0 fully saturated rings. The molecule has 9 heteroatoms. The van der Waals surface area contributed by atoms with Crippen LogP contribution in [-0.2, 0) is 35.2 Å². The molecule has 2 aromatic rings. The summed E-state index contributed by atoms with van der Waals surface area (Å²) in [5.74, 6) is -3.64. The molecule has 2 heterocycles. The first-order valence-electron chi connectivity index (χ1n) is 9.75. The minimum Gasteiger partial charge on any atom is -0.466 e. The number of halogens is 1. The van der Waals surface area contributed by atoms with Gasteiger partial charge in [0.2, 0.25) is 0 Å². The number of nitrogens with one attached hydrogen (secondary N) is 1. The van der Waals surface area contributed by atoms with Crippen molar-refractivity contribution >= 4 is 40.4 Å². The molecule has 0 saturated carbocycles. The summed E-state index contributed by atoms with van der Waals surface area (Å²) in [7, 11) is 2.38. The molecule has 1 aliphatic heterocycles. The Kier molecular flexibility index (Phi) is 6.84. The molecule has 0 aliphatic carbocycles. The molecule has 1 N–H and O–H groups in total. The van der Waals surface area contributed by atoms with Gasteiger partial charge in [0.15, 0.2) is 0 Å². The van der Waals surface area contributed by atoms with Crippen LogP contribution in [0.2, 0.25) is 5.15 Å². The number of aryl methyl sites for hydroxylation is 1. The lowest BCUT2D eigenvalue weighted by molar-refractivity contribution is -0.152. The van der Waals surface area contributed by atoms with Crippen LogP contribution in [0.1, 0.15) is 25.0 Å². The Morgan fingerprint density at radius 1 is 1.00 bits per heavy atom. The van der Waals surface area contributed by atoms with Gasteiger partial charge in [0.1, 0.15) is 17.7 Å². The minimum atomic E-state index is -1.31. The SMILES string of the molecule is COC(=O)C1=C(C)NC(C)=C(C(=O)OC)C1C(=O)OCc1cc2ccc(C)cc2nc1Cl. The molecule has 168 valence electrons.